The minimum absolute atomic E-state index is 0.208. The van der Waals surface area contributed by atoms with Crippen molar-refractivity contribution in [1.29, 1.82) is 0 Å². The van der Waals surface area contributed by atoms with Crippen LogP contribution in [0.15, 0.2) is 0 Å². The lowest BCUT2D eigenvalue weighted by molar-refractivity contribution is -0.190. The number of nitrogens with zero attached hydrogens (tertiary/aromatic N) is 1. The van der Waals surface area contributed by atoms with Gasteiger partial charge in [0.15, 0.2) is 0 Å². The van der Waals surface area contributed by atoms with Crippen LogP contribution in [0.25, 0.3) is 0 Å². The SMILES string of the molecule is CCCCN(CCCC)OC(=O)CNCP(=O)(O)O. The van der Waals surface area contributed by atoms with Crippen molar-refractivity contribution in [2.24, 2.45) is 0 Å². The fourth-order valence-corrected chi connectivity index (χ4v) is 1.75. The number of carbonyl (C=O) groups is 1. The zero-order chi connectivity index (χ0) is 14.7. The van der Waals surface area contributed by atoms with Crippen LogP contribution in [0, 0.1) is 0 Å². The van der Waals surface area contributed by atoms with Gasteiger partial charge in [-0.2, -0.15) is 0 Å². The van der Waals surface area contributed by atoms with Gasteiger partial charge in [-0.05, 0) is 12.8 Å². The van der Waals surface area contributed by atoms with Gasteiger partial charge in [0.05, 0.1) is 12.8 Å². The van der Waals surface area contributed by atoms with E-state index in [-0.39, 0.29) is 6.54 Å². The van der Waals surface area contributed by atoms with Gasteiger partial charge in [-0.25, -0.2) is 4.79 Å². The Bertz CT molecular complexity index is 287. The second-order valence-corrected chi connectivity index (χ2v) is 5.99. The van der Waals surface area contributed by atoms with E-state index in [1.165, 1.54) is 0 Å². The topological polar surface area (TPSA) is 99.1 Å². The number of rotatable bonds is 11. The Morgan fingerprint density at radius 2 is 1.74 bits per heavy atom. The maximum atomic E-state index is 11.5. The van der Waals surface area contributed by atoms with Crippen molar-refractivity contribution in [3.63, 3.8) is 0 Å². The van der Waals surface area contributed by atoms with E-state index in [4.69, 9.17) is 14.6 Å². The van der Waals surface area contributed by atoms with Gasteiger partial charge >= 0.3 is 13.6 Å². The molecule has 0 rings (SSSR count). The van der Waals surface area contributed by atoms with Crippen molar-refractivity contribution in [3.05, 3.63) is 0 Å². The number of unbranched alkanes of at least 4 members (excludes halogenated alkanes) is 2. The number of carbonyl (C=O) groups excluding carboxylic acids is 1. The maximum absolute atomic E-state index is 11.5. The number of hydroxylamine groups is 2. The summed E-state index contributed by atoms with van der Waals surface area (Å²) in [5.74, 6) is -0.527. The maximum Gasteiger partial charge on any atom is 0.339 e. The summed E-state index contributed by atoms with van der Waals surface area (Å²) in [6.45, 7) is 5.27. The summed E-state index contributed by atoms with van der Waals surface area (Å²) in [4.78, 5) is 33.9. The first-order chi connectivity index (χ1) is 8.89. The van der Waals surface area contributed by atoms with Gasteiger partial charge in [0.25, 0.3) is 0 Å². The summed E-state index contributed by atoms with van der Waals surface area (Å²) in [6, 6.07) is 0. The average Bonchev–Trinajstić information content (AvgIpc) is 2.31. The first-order valence-corrected chi connectivity index (χ1v) is 8.39. The Balaban J connectivity index is 3.96. The highest BCUT2D eigenvalue weighted by Crippen LogP contribution is 2.31. The lowest BCUT2D eigenvalue weighted by Crippen LogP contribution is -2.34. The van der Waals surface area contributed by atoms with Gasteiger partial charge < -0.3 is 14.6 Å². The molecule has 0 fully saturated rings. The van der Waals surface area contributed by atoms with E-state index in [9.17, 15) is 9.36 Å². The summed E-state index contributed by atoms with van der Waals surface area (Å²) >= 11 is 0. The zero-order valence-electron chi connectivity index (χ0n) is 11.7. The van der Waals surface area contributed by atoms with Crippen LogP contribution >= 0.6 is 7.60 Å². The minimum atomic E-state index is -4.12. The van der Waals surface area contributed by atoms with Gasteiger partial charge in [-0.3, -0.25) is 9.88 Å². The standard InChI is InChI=1S/C11H25N2O5P/c1-3-5-7-13(8-6-4-2)18-11(14)9-12-10-19(15,16)17/h12H,3-10H2,1-2H3,(H2,15,16,17). The summed E-state index contributed by atoms with van der Waals surface area (Å²) in [5.41, 5.74) is 0. The number of hydrogen-bond donors (Lipinski definition) is 3. The van der Waals surface area contributed by atoms with Crippen LogP contribution in [0.3, 0.4) is 0 Å². The molecular weight excluding hydrogens is 271 g/mol. The molecule has 0 radical (unpaired) electrons. The lowest BCUT2D eigenvalue weighted by Gasteiger charge is -2.20. The van der Waals surface area contributed by atoms with Crippen LogP contribution in [0.1, 0.15) is 39.5 Å². The van der Waals surface area contributed by atoms with E-state index in [0.29, 0.717) is 13.1 Å². The van der Waals surface area contributed by atoms with Crippen molar-refractivity contribution in [3.8, 4) is 0 Å². The molecular formula is C11H25N2O5P. The largest absolute Gasteiger partial charge is 0.367 e. The van der Waals surface area contributed by atoms with Crippen molar-refractivity contribution in [2.75, 3.05) is 25.9 Å². The van der Waals surface area contributed by atoms with Crippen LogP contribution in [-0.4, -0.2) is 46.7 Å². The van der Waals surface area contributed by atoms with Crippen molar-refractivity contribution in [1.82, 2.24) is 10.4 Å². The Kier molecular flexibility index (Phi) is 10.1. The Morgan fingerprint density at radius 1 is 1.21 bits per heavy atom. The normalized spacial score (nSPS) is 11.8. The van der Waals surface area contributed by atoms with Crippen molar-refractivity contribution >= 4 is 13.6 Å². The molecule has 0 spiro atoms. The quantitative estimate of drug-likeness (QED) is 0.387. The molecule has 3 N–H and O–H groups in total. The molecule has 0 aromatic rings. The molecule has 0 aromatic heterocycles. The van der Waals surface area contributed by atoms with Gasteiger partial charge in [-0.15, -0.1) is 5.06 Å². The fraction of sp³-hybridized carbons (Fsp3) is 0.909. The predicted octanol–water partition coefficient (Wildman–Crippen LogP) is 1.07. The molecule has 0 aliphatic rings. The van der Waals surface area contributed by atoms with Crippen LogP contribution in [0.4, 0.5) is 0 Å². The van der Waals surface area contributed by atoms with Crippen LogP contribution in [-0.2, 0) is 14.2 Å². The van der Waals surface area contributed by atoms with Crippen LogP contribution in [0.2, 0.25) is 0 Å². The monoisotopic (exact) mass is 296 g/mol. The van der Waals surface area contributed by atoms with E-state index < -0.39 is 19.9 Å². The van der Waals surface area contributed by atoms with Crippen molar-refractivity contribution in [2.45, 2.75) is 39.5 Å². The molecule has 0 aliphatic carbocycles. The molecule has 0 unspecified atom stereocenters. The van der Waals surface area contributed by atoms with E-state index >= 15 is 0 Å². The smallest absolute Gasteiger partial charge is 0.339 e. The minimum Gasteiger partial charge on any atom is -0.367 e. The predicted molar refractivity (Wildman–Crippen MR) is 72.4 cm³/mol. The third-order valence-electron chi connectivity index (χ3n) is 2.34. The summed E-state index contributed by atoms with van der Waals surface area (Å²) < 4.78 is 10.6. The average molecular weight is 296 g/mol. The molecule has 8 heteroatoms. The van der Waals surface area contributed by atoms with E-state index in [1.807, 2.05) is 0 Å². The zero-order valence-corrected chi connectivity index (χ0v) is 12.6. The highest BCUT2D eigenvalue weighted by atomic mass is 31.2. The molecule has 0 aliphatic heterocycles. The summed E-state index contributed by atoms with van der Waals surface area (Å²) in [7, 11) is -4.12. The Morgan fingerprint density at radius 3 is 2.16 bits per heavy atom. The fourth-order valence-electron chi connectivity index (χ4n) is 1.35. The second-order valence-electron chi connectivity index (χ2n) is 4.35. The molecule has 0 atom stereocenters. The highest BCUT2D eigenvalue weighted by molar-refractivity contribution is 7.51. The molecule has 0 saturated carbocycles. The molecule has 19 heavy (non-hydrogen) atoms. The van der Waals surface area contributed by atoms with E-state index in [2.05, 4.69) is 19.2 Å². The third kappa shape index (κ3) is 12.3. The molecule has 0 amide bonds. The van der Waals surface area contributed by atoms with Crippen LogP contribution < -0.4 is 5.32 Å². The van der Waals surface area contributed by atoms with Gasteiger partial charge in [0.1, 0.15) is 0 Å². The number of nitrogens with one attached hydrogen (secondary N) is 1. The van der Waals surface area contributed by atoms with Gasteiger partial charge in [0, 0.05) is 13.1 Å². The summed E-state index contributed by atoms with van der Waals surface area (Å²) in [6.07, 6.45) is 3.37. The highest BCUT2D eigenvalue weighted by Gasteiger charge is 2.15. The number of hydrogen-bond acceptors (Lipinski definition) is 5. The van der Waals surface area contributed by atoms with Gasteiger partial charge in [0.2, 0.25) is 0 Å². The molecule has 114 valence electrons. The van der Waals surface area contributed by atoms with E-state index in [1.54, 1.807) is 5.06 Å². The van der Waals surface area contributed by atoms with Gasteiger partial charge in [-0.1, -0.05) is 26.7 Å². The van der Waals surface area contributed by atoms with Crippen molar-refractivity contribution < 1.29 is 24.0 Å². The lowest BCUT2D eigenvalue weighted by atomic mass is 10.3. The molecule has 0 heterocycles. The molecule has 0 aromatic carbocycles. The third-order valence-corrected chi connectivity index (χ3v) is 2.98. The van der Waals surface area contributed by atoms with E-state index in [0.717, 1.165) is 25.7 Å². The van der Waals surface area contributed by atoms with Crippen LogP contribution in [0.5, 0.6) is 0 Å². The first kappa shape index (κ1) is 18.5. The molecule has 7 nitrogen and oxygen atoms in total. The first-order valence-electron chi connectivity index (χ1n) is 6.60. The Labute approximate surface area is 114 Å². The Hall–Kier alpha value is -0.460. The summed E-state index contributed by atoms with van der Waals surface area (Å²) in [5, 5.41) is 4.00. The molecule has 0 saturated heterocycles. The second kappa shape index (κ2) is 10.3. The molecule has 0 bridgehead atoms.